The minimum atomic E-state index is -0.687. The Morgan fingerprint density at radius 3 is 2.29 bits per heavy atom. The zero-order valence-electron chi connectivity index (χ0n) is 12.9. The lowest BCUT2D eigenvalue weighted by molar-refractivity contribution is -0.393. The first-order valence-electron chi connectivity index (χ1n) is 6.80. The molecule has 0 unspecified atom stereocenters. The molecule has 0 aliphatic heterocycles. The summed E-state index contributed by atoms with van der Waals surface area (Å²) in [7, 11) is 0. The summed E-state index contributed by atoms with van der Waals surface area (Å²) in [6.45, 7) is 1.76. The summed E-state index contributed by atoms with van der Waals surface area (Å²) in [5, 5.41) is 25.9. The summed E-state index contributed by atoms with van der Waals surface area (Å²) in [6.07, 6.45) is 1.98. The van der Waals surface area contributed by atoms with Gasteiger partial charge in [0.05, 0.1) is 21.6 Å². The second-order valence-corrected chi connectivity index (χ2v) is 5.63. The van der Waals surface area contributed by atoms with Crippen LogP contribution in [0.1, 0.15) is 12.5 Å². The van der Waals surface area contributed by atoms with Gasteiger partial charge in [0.15, 0.2) is 0 Å². The first kappa shape index (κ1) is 17.4. The molecule has 0 saturated heterocycles. The van der Waals surface area contributed by atoms with Crippen molar-refractivity contribution < 1.29 is 9.85 Å². The highest BCUT2D eigenvalue weighted by Crippen LogP contribution is 2.29. The number of nitro benzene ring substituents is 2. The summed E-state index contributed by atoms with van der Waals surface area (Å²) in [4.78, 5) is 21.5. The SMILES string of the molecule is CSc1ccc(/C(C)=N\Nc2ccc([N+](=O)[O-])cc2[N+](=O)[O-])cc1. The van der Waals surface area contributed by atoms with E-state index >= 15 is 0 Å². The van der Waals surface area contributed by atoms with Crippen molar-refractivity contribution in [3.63, 3.8) is 0 Å². The van der Waals surface area contributed by atoms with E-state index in [0.717, 1.165) is 16.5 Å². The highest BCUT2D eigenvalue weighted by molar-refractivity contribution is 7.98. The number of nitro groups is 2. The van der Waals surface area contributed by atoms with Crippen LogP contribution in [0.4, 0.5) is 17.1 Å². The molecule has 0 aliphatic carbocycles. The number of anilines is 1. The predicted octanol–water partition coefficient (Wildman–Crippen LogP) is 4.06. The van der Waals surface area contributed by atoms with Crippen molar-refractivity contribution in [1.29, 1.82) is 0 Å². The van der Waals surface area contributed by atoms with Crippen LogP contribution in [0.15, 0.2) is 52.5 Å². The maximum Gasteiger partial charge on any atom is 0.301 e. The van der Waals surface area contributed by atoms with Crippen molar-refractivity contribution in [3.8, 4) is 0 Å². The fourth-order valence-electron chi connectivity index (χ4n) is 1.92. The molecule has 124 valence electrons. The lowest BCUT2D eigenvalue weighted by atomic mass is 10.1. The van der Waals surface area contributed by atoms with Crippen LogP contribution in [0.5, 0.6) is 0 Å². The van der Waals surface area contributed by atoms with Gasteiger partial charge >= 0.3 is 5.69 Å². The van der Waals surface area contributed by atoms with Gasteiger partial charge in [0.2, 0.25) is 0 Å². The van der Waals surface area contributed by atoms with E-state index in [1.165, 1.54) is 12.1 Å². The standard InChI is InChI=1S/C15H14N4O4S/c1-10(11-3-6-13(24-2)7-4-11)16-17-14-8-5-12(18(20)21)9-15(14)19(22)23/h3-9,17H,1-2H3/b16-10-. The topological polar surface area (TPSA) is 111 Å². The molecule has 8 nitrogen and oxygen atoms in total. The average molecular weight is 346 g/mol. The molecule has 0 aliphatic rings. The molecule has 9 heteroatoms. The first-order valence-corrected chi connectivity index (χ1v) is 8.02. The van der Waals surface area contributed by atoms with Gasteiger partial charge in [-0.3, -0.25) is 25.7 Å². The second kappa shape index (κ2) is 7.55. The molecule has 1 N–H and O–H groups in total. The average Bonchev–Trinajstić information content (AvgIpc) is 2.59. The molecule has 0 saturated carbocycles. The second-order valence-electron chi connectivity index (χ2n) is 4.75. The van der Waals surface area contributed by atoms with Crippen LogP contribution in [0.3, 0.4) is 0 Å². The van der Waals surface area contributed by atoms with Gasteiger partial charge in [-0.1, -0.05) is 12.1 Å². The van der Waals surface area contributed by atoms with Gasteiger partial charge in [0.25, 0.3) is 5.69 Å². The highest BCUT2D eigenvalue weighted by Gasteiger charge is 2.19. The number of nitrogens with zero attached hydrogens (tertiary/aromatic N) is 3. The minimum Gasteiger partial charge on any atom is -0.271 e. The summed E-state index contributed by atoms with van der Waals surface area (Å²) >= 11 is 1.62. The lowest BCUT2D eigenvalue weighted by Crippen LogP contribution is -2.02. The van der Waals surface area contributed by atoms with Crippen molar-refractivity contribution in [1.82, 2.24) is 0 Å². The predicted molar refractivity (Wildman–Crippen MR) is 93.8 cm³/mol. The van der Waals surface area contributed by atoms with E-state index < -0.39 is 15.5 Å². The van der Waals surface area contributed by atoms with Gasteiger partial charge in [-0.05, 0) is 36.9 Å². The fourth-order valence-corrected chi connectivity index (χ4v) is 2.33. The third-order valence-corrected chi connectivity index (χ3v) is 3.98. The van der Waals surface area contributed by atoms with Crippen LogP contribution < -0.4 is 5.43 Å². The van der Waals surface area contributed by atoms with Crippen LogP contribution >= 0.6 is 11.8 Å². The normalized spacial score (nSPS) is 11.2. The molecule has 2 aromatic rings. The Morgan fingerprint density at radius 2 is 1.75 bits per heavy atom. The molecule has 0 spiro atoms. The van der Waals surface area contributed by atoms with E-state index in [0.29, 0.717) is 5.71 Å². The maximum atomic E-state index is 11.1. The number of benzene rings is 2. The van der Waals surface area contributed by atoms with Crippen LogP contribution in [0.25, 0.3) is 0 Å². The van der Waals surface area contributed by atoms with Crippen molar-refractivity contribution in [2.24, 2.45) is 5.10 Å². The molecule has 0 bridgehead atoms. The number of hydrogen-bond donors (Lipinski definition) is 1. The number of hydrazone groups is 1. The summed E-state index contributed by atoms with van der Waals surface area (Å²) in [6, 6.07) is 11.1. The van der Waals surface area contributed by atoms with Gasteiger partial charge in [-0.25, -0.2) is 0 Å². The Kier molecular flexibility index (Phi) is 5.48. The van der Waals surface area contributed by atoms with E-state index in [1.807, 2.05) is 30.5 Å². The van der Waals surface area contributed by atoms with Gasteiger partial charge in [-0.15, -0.1) is 11.8 Å². The number of thioether (sulfide) groups is 1. The van der Waals surface area contributed by atoms with E-state index in [2.05, 4.69) is 10.5 Å². The number of nitrogens with one attached hydrogen (secondary N) is 1. The summed E-state index contributed by atoms with van der Waals surface area (Å²) < 4.78 is 0. The maximum absolute atomic E-state index is 11.1. The first-order chi connectivity index (χ1) is 11.4. The summed E-state index contributed by atoms with van der Waals surface area (Å²) in [5.41, 5.74) is 3.44. The molecule has 2 aromatic carbocycles. The van der Waals surface area contributed by atoms with Crippen molar-refractivity contribution in [2.45, 2.75) is 11.8 Å². The van der Waals surface area contributed by atoms with E-state index in [-0.39, 0.29) is 11.4 Å². The minimum absolute atomic E-state index is 0.0886. The van der Waals surface area contributed by atoms with Gasteiger partial charge in [0.1, 0.15) is 5.69 Å². The van der Waals surface area contributed by atoms with E-state index in [1.54, 1.807) is 18.7 Å². The van der Waals surface area contributed by atoms with Gasteiger partial charge in [0, 0.05) is 11.0 Å². The lowest BCUT2D eigenvalue weighted by Gasteiger charge is -2.05. The molecular formula is C15H14N4O4S. The van der Waals surface area contributed by atoms with Crippen molar-refractivity contribution in [3.05, 3.63) is 68.3 Å². The number of non-ortho nitro benzene ring substituents is 1. The Labute approximate surface area is 141 Å². The Balaban J connectivity index is 2.26. The molecule has 0 heterocycles. The Morgan fingerprint density at radius 1 is 1.08 bits per heavy atom. The third kappa shape index (κ3) is 4.07. The summed E-state index contributed by atoms with van der Waals surface area (Å²) in [5.74, 6) is 0. The van der Waals surface area contributed by atoms with Crippen molar-refractivity contribution >= 4 is 34.5 Å². The zero-order chi connectivity index (χ0) is 17.7. The van der Waals surface area contributed by atoms with E-state index in [9.17, 15) is 20.2 Å². The molecule has 0 aromatic heterocycles. The molecular weight excluding hydrogens is 332 g/mol. The third-order valence-electron chi connectivity index (χ3n) is 3.24. The quantitative estimate of drug-likeness (QED) is 0.365. The highest BCUT2D eigenvalue weighted by atomic mass is 32.2. The number of hydrogen-bond acceptors (Lipinski definition) is 7. The molecule has 0 atom stereocenters. The fraction of sp³-hybridized carbons (Fsp3) is 0.133. The van der Waals surface area contributed by atoms with Crippen LogP contribution in [-0.2, 0) is 0 Å². The van der Waals surface area contributed by atoms with Gasteiger partial charge in [-0.2, -0.15) is 5.10 Å². The van der Waals surface area contributed by atoms with Crippen LogP contribution in [-0.4, -0.2) is 21.8 Å². The van der Waals surface area contributed by atoms with Gasteiger partial charge < -0.3 is 0 Å². The van der Waals surface area contributed by atoms with E-state index in [4.69, 9.17) is 0 Å². The number of rotatable bonds is 6. The van der Waals surface area contributed by atoms with Crippen molar-refractivity contribution in [2.75, 3.05) is 11.7 Å². The Bertz CT molecular complexity index is 806. The monoisotopic (exact) mass is 346 g/mol. The zero-order valence-corrected chi connectivity index (χ0v) is 13.7. The molecule has 0 fully saturated rings. The molecule has 0 radical (unpaired) electrons. The molecule has 2 rings (SSSR count). The van der Waals surface area contributed by atoms with Crippen LogP contribution in [0, 0.1) is 20.2 Å². The largest absolute Gasteiger partial charge is 0.301 e. The van der Waals surface area contributed by atoms with Crippen LogP contribution in [0.2, 0.25) is 0 Å². The Hall–Kier alpha value is -2.94. The smallest absolute Gasteiger partial charge is 0.271 e. The molecule has 0 amide bonds. The molecule has 24 heavy (non-hydrogen) atoms.